The second kappa shape index (κ2) is 7.13. The highest BCUT2D eigenvalue weighted by Crippen LogP contribution is 2.24. The van der Waals surface area contributed by atoms with Gasteiger partial charge in [0.15, 0.2) is 0 Å². The summed E-state index contributed by atoms with van der Waals surface area (Å²) in [4.78, 5) is 16.9. The molecule has 6 heteroatoms. The van der Waals surface area contributed by atoms with Gasteiger partial charge in [0, 0.05) is 20.0 Å². The summed E-state index contributed by atoms with van der Waals surface area (Å²) in [5.41, 5.74) is 2.58. The number of fused-ring (bicyclic) bond motifs is 1. The average Bonchev–Trinajstić information content (AvgIpc) is 3.07. The zero-order chi connectivity index (χ0) is 17.1. The molecule has 1 aromatic carbocycles. The standard InChI is InChI=1S/C18H24N4O2/c1-4-16-19-20-17(24-16)12-21(3)18(23)15-10-13-8-6-7-9-14(13)11-22(15)5-2/h6-9,15H,4-5,10-12H2,1-3H3/t15-/m1/s1. The Morgan fingerprint density at radius 2 is 1.96 bits per heavy atom. The number of rotatable bonds is 5. The zero-order valence-electron chi connectivity index (χ0n) is 14.5. The highest BCUT2D eigenvalue weighted by Gasteiger charge is 2.32. The largest absolute Gasteiger partial charge is 0.423 e. The Bertz CT molecular complexity index is 713. The van der Waals surface area contributed by atoms with Crippen LogP contribution >= 0.6 is 0 Å². The summed E-state index contributed by atoms with van der Waals surface area (Å²) in [5, 5.41) is 7.96. The van der Waals surface area contributed by atoms with E-state index in [1.807, 2.05) is 13.0 Å². The molecule has 3 rings (SSSR count). The lowest BCUT2D eigenvalue weighted by Gasteiger charge is -2.36. The Kier molecular flexibility index (Phi) is 4.94. The number of aromatic nitrogens is 2. The van der Waals surface area contributed by atoms with Crippen LogP contribution in [0.3, 0.4) is 0 Å². The molecule has 0 unspecified atom stereocenters. The Morgan fingerprint density at radius 3 is 2.62 bits per heavy atom. The van der Waals surface area contributed by atoms with E-state index in [0.717, 1.165) is 19.5 Å². The average molecular weight is 328 g/mol. The van der Waals surface area contributed by atoms with Gasteiger partial charge < -0.3 is 9.32 Å². The number of carbonyl (C=O) groups excluding carboxylic acids is 1. The molecule has 1 aliphatic rings. The molecule has 1 amide bonds. The van der Waals surface area contributed by atoms with E-state index in [-0.39, 0.29) is 11.9 Å². The summed E-state index contributed by atoms with van der Waals surface area (Å²) in [7, 11) is 1.80. The number of aryl methyl sites for hydroxylation is 1. The SMILES string of the molecule is CCc1nnc(CN(C)C(=O)[C@H]2Cc3ccccc3CN2CC)o1. The highest BCUT2D eigenvalue weighted by molar-refractivity contribution is 5.82. The molecule has 1 atom stereocenters. The number of amides is 1. The minimum atomic E-state index is -0.136. The Balaban J connectivity index is 1.73. The molecule has 0 fully saturated rings. The lowest BCUT2D eigenvalue weighted by Crippen LogP contribution is -2.50. The molecule has 0 saturated carbocycles. The predicted molar refractivity (Wildman–Crippen MR) is 90.2 cm³/mol. The van der Waals surface area contributed by atoms with Gasteiger partial charge in [0.05, 0.1) is 12.6 Å². The molecular formula is C18H24N4O2. The van der Waals surface area contributed by atoms with Crippen LogP contribution in [0.15, 0.2) is 28.7 Å². The van der Waals surface area contributed by atoms with Gasteiger partial charge in [0.1, 0.15) is 0 Å². The molecule has 0 aliphatic carbocycles. The van der Waals surface area contributed by atoms with Crippen molar-refractivity contribution in [2.45, 2.75) is 45.8 Å². The molecule has 0 N–H and O–H groups in total. The third kappa shape index (κ3) is 3.33. The first-order chi connectivity index (χ1) is 11.6. The molecule has 0 radical (unpaired) electrons. The predicted octanol–water partition coefficient (Wildman–Crippen LogP) is 2.04. The van der Waals surface area contributed by atoms with Crippen molar-refractivity contribution < 1.29 is 9.21 Å². The van der Waals surface area contributed by atoms with Crippen molar-refractivity contribution in [2.75, 3.05) is 13.6 Å². The maximum atomic E-state index is 13.0. The van der Waals surface area contributed by atoms with E-state index < -0.39 is 0 Å². The van der Waals surface area contributed by atoms with E-state index in [0.29, 0.717) is 24.7 Å². The van der Waals surface area contributed by atoms with Gasteiger partial charge in [-0.3, -0.25) is 9.69 Å². The summed E-state index contributed by atoms with van der Waals surface area (Å²) in [5.74, 6) is 1.19. The molecule has 24 heavy (non-hydrogen) atoms. The fraction of sp³-hybridized carbons (Fsp3) is 0.500. The monoisotopic (exact) mass is 328 g/mol. The molecule has 2 heterocycles. The molecule has 1 aliphatic heterocycles. The van der Waals surface area contributed by atoms with Crippen molar-refractivity contribution in [1.29, 1.82) is 0 Å². The van der Waals surface area contributed by atoms with Crippen molar-refractivity contribution >= 4 is 5.91 Å². The summed E-state index contributed by atoms with van der Waals surface area (Å²) >= 11 is 0. The van der Waals surface area contributed by atoms with Gasteiger partial charge in [-0.1, -0.05) is 38.1 Å². The van der Waals surface area contributed by atoms with Crippen LogP contribution in [-0.2, 0) is 30.7 Å². The van der Waals surface area contributed by atoms with Crippen molar-refractivity contribution in [2.24, 2.45) is 0 Å². The van der Waals surface area contributed by atoms with Crippen LogP contribution in [0.4, 0.5) is 0 Å². The lowest BCUT2D eigenvalue weighted by molar-refractivity contribution is -0.137. The van der Waals surface area contributed by atoms with Gasteiger partial charge >= 0.3 is 0 Å². The molecule has 0 saturated heterocycles. The van der Waals surface area contributed by atoms with Crippen molar-refractivity contribution in [3.05, 3.63) is 47.2 Å². The maximum absolute atomic E-state index is 13.0. The quantitative estimate of drug-likeness (QED) is 0.840. The number of hydrogen-bond acceptors (Lipinski definition) is 5. The molecule has 6 nitrogen and oxygen atoms in total. The summed E-state index contributed by atoms with van der Waals surface area (Å²) < 4.78 is 5.52. The normalized spacial score (nSPS) is 17.5. The third-order valence-corrected chi connectivity index (χ3v) is 4.60. The Morgan fingerprint density at radius 1 is 1.25 bits per heavy atom. The highest BCUT2D eigenvalue weighted by atomic mass is 16.4. The van der Waals surface area contributed by atoms with Gasteiger partial charge in [-0.25, -0.2) is 0 Å². The molecule has 0 spiro atoms. The summed E-state index contributed by atoms with van der Waals surface area (Å²) in [6.45, 7) is 6.07. The second-order valence-corrected chi connectivity index (χ2v) is 6.19. The van der Waals surface area contributed by atoms with Crippen LogP contribution in [0, 0.1) is 0 Å². The van der Waals surface area contributed by atoms with Gasteiger partial charge in [0.25, 0.3) is 0 Å². The van der Waals surface area contributed by atoms with Crippen molar-refractivity contribution in [3.63, 3.8) is 0 Å². The van der Waals surface area contributed by atoms with Gasteiger partial charge in [0.2, 0.25) is 17.7 Å². The van der Waals surface area contributed by atoms with Crippen molar-refractivity contribution in [1.82, 2.24) is 20.0 Å². The topological polar surface area (TPSA) is 62.5 Å². The minimum Gasteiger partial charge on any atom is -0.423 e. The number of benzene rings is 1. The third-order valence-electron chi connectivity index (χ3n) is 4.60. The van der Waals surface area contributed by atoms with E-state index in [1.165, 1.54) is 11.1 Å². The fourth-order valence-corrected chi connectivity index (χ4v) is 3.18. The number of carbonyl (C=O) groups is 1. The van der Waals surface area contributed by atoms with Gasteiger partial charge in [-0.05, 0) is 24.1 Å². The summed E-state index contributed by atoms with van der Waals surface area (Å²) in [6, 6.07) is 8.22. The van der Waals surface area contributed by atoms with Crippen LogP contribution in [0.5, 0.6) is 0 Å². The van der Waals surface area contributed by atoms with Crippen molar-refractivity contribution in [3.8, 4) is 0 Å². The smallest absolute Gasteiger partial charge is 0.240 e. The van der Waals surface area contributed by atoms with Crippen LogP contribution < -0.4 is 0 Å². The van der Waals surface area contributed by atoms with E-state index in [9.17, 15) is 4.79 Å². The van der Waals surface area contributed by atoms with Crippen LogP contribution in [0.25, 0.3) is 0 Å². The van der Waals surface area contributed by atoms with Gasteiger partial charge in [-0.15, -0.1) is 10.2 Å². The fourth-order valence-electron chi connectivity index (χ4n) is 3.18. The molecular weight excluding hydrogens is 304 g/mol. The molecule has 0 bridgehead atoms. The maximum Gasteiger partial charge on any atom is 0.240 e. The number of nitrogens with zero attached hydrogens (tertiary/aromatic N) is 4. The zero-order valence-corrected chi connectivity index (χ0v) is 14.5. The Labute approximate surface area is 142 Å². The van der Waals surface area contributed by atoms with Crippen LogP contribution in [0.1, 0.15) is 36.8 Å². The van der Waals surface area contributed by atoms with E-state index in [4.69, 9.17) is 4.42 Å². The minimum absolute atomic E-state index is 0.0996. The van der Waals surface area contributed by atoms with Crippen LogP contribution in [0.2, 0.25) is 0 Å². The van der Waals surface area contributed by atoms with E-state index in [1.54, 1.807) is 11.9 Å². The van der Waals surface area contributed by atoms with Crippen LogP contribution in [-0.4, -0.2) is 45.5 Å². The molecule has 2 aromatic rings. The molecule has 1 aromatic heterocycles. The number of likely N-dealkylation sites (N-methyl/N-ethyl adjacent to an activating group) is 2. The first-order valence-electron chi connectivity index (χ1n) is 8.49. The van der Waals surface area contributed by atoms with E-state index in [2.05, 4.69) is 40.2 Å². The first-order valence-corrected chi connectivity index (χ1v) is 8.49. The first kappa shape index (κ1) is 16.6. The lowest BCUT2D eigenvalue weighted by atomic mass is 9.93. The van der Waals surface area contributed by atoms with Gasteiger partial charge in [-0.2, -0.15) is 0 Å². The Hall–Kier alpha value is -2.21. The van der Waals surface area contributed by atoms with E-state index >= 15 is 0 Å². The second-order valence-electron chi connectivity index (χ2n) is 6.19. The number of hydrogen-bond donors (Lipinski definition) is 0. The molecule has 128 valence electrons. The summed E-state index contributed by atoms with van der Waals surface area (Å²) in [6.07, 6.45) is 1.45.